The Kier molecular flexibility index (Phi) is 7.65. The fraction of sp³-hybridized carbons (Fsp3) is 0.500. The SMILES string of the molecule is CCCCNCc1ccccn1.[Cl-]. The molecule has 1 aromatic heterocycles. The lowest BCUT2D eigenvalue weighted by Crippen LogP contribution is -3.00. The molecule has 0 aliphatic rings. The zero-order valence-corrected chi connectivity index (χ0v) is 8.72. The van der Waals surface area contributed by atoms with E-state index in [4.69, 9.17) is 0 Å². The van der Waals surface area contributed by atoms with Gasteiger partial charge in [0.15, 0.2) is 0 Å². The fourth-order valence-electron chi connectivity index (χ4n) is 1.02. The van der Waals surface area contributed by atoms with Gasteiger partial charge in [0.05, 0.1) is 5.69 Å². The molecule has 3 heteroatoms. The summed E-state index contributed by atoms with van der Waals surface area (Å²) in [4.78, 5) is 4.21. The zero-order chi connectivity index (χ0) is 8.65. The third kappa shape index (κ3) is 5.61. The molecule has 0 saturated carbocycles. The number of nitrogens with one attached hydrogen (secondary N) is 1. The van der Waals surface area contributed by atoms with Gasteiger partial charge >= 0.3 is 0 Å². The van der Waals surface area contributed by atoms with Crippen LogP contribution in [-0.2, 0) is 6.54 Å². The van der Waals surface area contributed by atoms with E-state index in [1.54, 1.807) is 0 Å². The summed E-state index contributed by atoms with van der Waals surface area (Å²) in [5, 5.41) is 3.34. The average molecular weight is 200 g/mol. The van der Waals surface area contributed by atoms with Crippen LogP contribution in [0.4, 0.5) is 0 Å². The monoisotopic (exact) mass is 199 g/mol. The van der Waals surface area contributed by atoms with Crippen molar-refractivity contribution in [1.29, 1.82) is 0 Å². The summed E-state index contributed by atoms with van der Waals surface area (Å²) in [6.45, 7) is 4.18. The van der Waals surface area contributed by atoms with Crippen LogP contribution in [0.3, 0.4) is 0 Å². The van der Waals surface area contributed by atoms with Gasteiger partial charge in [0, 0.05) is 12.7 Å². The number of halogens is 1. The van der Waals surface area contributed by atoms with Crippen molar-refractivity contribution in [3.05, 3.63) is 30.1 Å². The maximum Gasteiger partial charge on any atom is 0.0541 e. The van der Waals surface area contributed by atoms with Gasteiger partial charge in [-0.3, -0.25) is 4.98 Å². The van der Waals surface area contributed by atoms with Gasteiger partial charge in [-0.05, 0) is 25.1 Å². The van der Waals surface area contributed by atoms with Crippen molar-refractivity contribution < 1.29 is 12.4 Å². The normalized spacial score (nSPS) is 9.31. The molecule has 0 fully saturated rings. The van der Waals surface area contributed by atoms with Gasteiger partial charge in [0.25, 0.3) is 0 Å². The average Bonchev–Trinajstić information content (AvgIpc) is 2.14. The summed E-state index contributed by atoms with van der Waals surface area (Å²) in [5.74, 6) is 0. The zero-order valence-electron chi connectivity index (χ0n) is 7.96. The van der Waals surface area contributed by atoms with E-state index in [1.807, 2.05) is 24.4 Å². The molecule has 0 amide bonds. The number of pyridine rings is 1. The Labute approximate surface area is 86.2 Å². The molecular weight excluding hydrogens is 184 g/mol. The van der Waals surface area contributed by atoms with Crippen LogP contribution in [0.15, 0.2) is 24.4 Å². The van der Waals surface area contributed by atoms with E-state index in [0.29, 0.717) is 0 Å². The maximum absolute atomic E-state index is 4.21. The highest BCUT2D eigenvalue weighted by Gasteiger charge is 1.90. The minimum absolute atomic E-state index is 0. The van der Waals surface area contributed by atoms with Crippen molar-refractivity contribution in [2.45, 2.75) is 26.3 Å². The third-order valence-corrected chi connectivity index (χ3v) is 1.74. The van der Waals surface area contributed by atoms with Gasteiger partial charge in [-0.2, -0.15) is 0 Å². The second-order valence-electron chi connectivity index (χ2n) is 2.85. The smallest absolute Gasteiger partial charge is 0.0541 e. The number of nitrogens with zero attached hydrogens (tertiary/aromatic N) is 1. The van der Waals surface area contributed by atoms with Crippen LogP contribution >= 0.6 is 0 Å². The Morgan fingerprint density at radius 2 is 2.23 bits per heavy atom. The van der Waals surface area contributed by atoms with Gasteiger partial charge in [0.2, 0.25) is 0 Å². The molecule has 0 unspecified atom stereocenters. The van der Waals surface area contributed by atoms with Crippen molar-refractivity contribution >= 4 is 0 Å². The first-order valence-corrected chi connectivity index (χ1v) is 4.54. The predicted molar refractivity (Wildman–Crippen MR) is 50.9 cm³/mol. The Morgan fingerprint density at radius 1 is 1.38 bits per heavy atom. The van der Waals surface area contributed by atoms with E-state index in [1.165, 1.54) is 12.8 Å². The van der Waals surface area contributed by atoms with Crippen molar-refractivity contribution in [2.24, 2.45) is 0 Å². The quantitative estimate of drug-likeness (QED) is 0.614. The minimum atomic E-state index is 0. The first kappa shape index (κ1) is 12.4. The first-order chi connectivity index (χ1) is 5.93. The van der Waals surface area contributed by atoms with Gasteiger partial charge in [-0.25, -0.2) is 0 Å². The molecule has 0 bridgehead atoms. The molecule has 1 heterocycles. The largest absolute Gasteiger partial charge is 1.00 e. The topological polar surface area (TPSA) is 24.9 Å². The summed E-state index contributed by atoms with van der Waals surface area (Å²) in [6, 6.07) is 6.00. The number of aromatic nitrogens is 1. The van der Waals surface area contributed by atoms with Crippen molar-refractivity contribution in [3.63, 3.8) is 0 Å². The maximum atomic E-state index is 4.21. The summed E-state index contributed by atoms with van der Waals surface area (Å²) < 4.78 is 0. The lowest BCUT2D eigenvalue weighted by molar-refractivity contribution is -0.00000269. The lowest BCUT2D eigenvalue weighted by atomic mass is 10.3. The molecule has 2 nitrogen and oxygen atoms in total. The summed E-state index contributed by atoms with van der Waals surface area (Å²) >= 11 is 0. The van der Waals surface area contributed by atoms with E-state index < -0.39 is 0 Å². The molecule has 1 rings (SSSR count). The lowest BCUT2D eigenvalue weighted by Gasteiger charge is -2.01. The van der Waals surface area contributed by atoms with E-state index in [0.717, 1.165) is 18.8 Å². The Morgan fingerprint density at radius 3 is 2.85 bits per heavy atom. The van der Waals surface area contributed by atoms with E-state index >= 15 is 0 Å². The molecule has 0 saturated heterocycles. The molecule has 13 heavy (non-hydrogen) atoms. The summed E-state index contributed by atoms with van der Waals surface area (Å²) in [5.41, 5.74) is 1.12. The first-order valence-electron chi connectivity index (χ1n) is 4.54. The van der Waals surface area contributed by atoms with E-state index in [-0.39, 0.29) is 12.4 Å². The molecule has 74 valence electrons. The molecule has 0 aliphatic carbocycles. The van der Waals surface area contributed by atoms with Crippen LogP contribution in [0.2, 0.25) is 0 Å². The van der Waals surface area contributed by atoms with Crippen LogP contribution in [0.1, 0.15) is 25.5 Å². The predicted octanol–water partition coefficient (Wildman–Crippen LogP) is -1.02. The fourth-order valence-corrected chi connectivity index (χ4v) is 1.02. The van der Waals surface area contributed by atoms with Crippen LogP contribution < -0.4 is 17.7 Å². The second kappa shape index (κ2) is 8.02. The Balaban J connectivity index is 0.00000144. The minimum Gasteiger partial charge on any atom is -1.00 e. The number of hydrogen-bond acceptors (Lipinski definition) is 2. The van der Waals surface area contributed by atoms with Crippen LogP contribution in [0.25, 0.3) is 0 Å². The van der Waals surface area contributed by atoms with Crippen LogP contribution in [-0.4, -0.2) is 11.5 Å². The molecule has 0 spiro atoms. The van der Waals surface area contributed by atoms with Crippen molar-refractivity contribution in [2.75, 3.05) is 6.54 Å². The van der Waals surface area contributed by atoms with Gasteiger partial charge in [-0.1, -0.05) is 19.4 Å². The van der Waals surface area contributed by atoms with Gasteiger partial charge in [-0.15, -0.1) is 0 Å². The highest BCUT2D eigenvalue weighted by atomic mass is 35.5. The molecule has 0 aromatic carbocycles. The summed E-state index contributed by atoms with van der Waals surface area (Å²) in [7, 11) is 0. The molecule has 1 aromatic rings. The second-order valence-corrected chi connectivity index (χ2v) is 2.85. The van der Waals surface area contributed by atoms with Crippen LogP contribution in [0, 0.1) is 0 Å². The molecule has 0 atom stereocenters. The molecule has 0 aliphatic heterocycles. The van der Waals surface area contributed by atoms with E-state index in [9.17, 15) is 0 Å². The summed E-state index contributed by atoms with van der Waals surface area (Å²) in [6.07, 6.45) is 4.32. The highest BCUT2D eigenvalue weighted by Crippen LogP contribution is 1.92. The third-order valence-electron chi connectivity index (χ3n) is 1.74. The van der Waals surface area contributed by atoms with E-state index in [2.05, 4.69) is 17.2 Å². The van der Waals surface area contributed by atoms with Crippen LogP contribution in [0.5, 0.6) is 0 Å². The highest BCUT2D eigenvalue weighted by molar-refractivity contribution is 5.02. The van der Waals surface area contributed by atoms with Crippen molar-refractivity contribution in [1.82, 2.24) is 10.3 Å². The standard InChI is InChI=1S/C10H16N2.ClH/c1-2-3-7-11-9-10-6-4-5-8-12-10;/h4-6,8,11H,2-3,7,9H2,1H3;1H/p-1. The Bertz CT molecular complexity index is 201. The molecule has 1 N–H and O–H groups in total. The number of hydrogen-bond donors (Lipinski definition) is 1. The Hall–Kier alpha value is -0.600. The number of rotatable bonds is 5. The molecular formula is C10H16ClN2-. The van der Waals surface area contributed by atoms with Crippen molar-refractivity contribution in [3.8, 4) is 0 Å². The van der Waals surface area contributed by atoms with Gasteiger partial charge < -0.3 is 17.7 Å². The van der Waals surface area contributed by atoms with Gasteiger partial charge in [0.1, 0.15) is 0 Å². The molecule has 0 radical (unpaired) electrons. The number of unbranched alkanes of at least 4 members (excludes halogenated alkanes) is 1.